The van der Waals surface area contributed by atoms with Crippen molar-refractivity contribution in [2.75, 3.05) is 12.3 Å². The Hall–Kier alpha value is -1.39. The highest BCUT2D eigenvalue weighted by Gasteiger charge is 2.13. The number of benzene rings is 2. The van der Waals surface area contributed by atoms with Crippen LogP contribution in [-0.2, 0) is 10.5 Å². The maximum absolute atomic E-state index is 12.1. The number of nitrogens with one attached hydrogen (secondary N) is 1. The van der Waals surface area contributed by atoms with Gasteiger partial charge in [-0.05, 0) is 37.1 Å². The largest absolute Gasteiger partial charge is 0.354 e. The maximum Gasteiger partial charge on any atom is 0.233 e. The summed E-state index contributed by atoms with van der Waals surface area (Å²) in [5, 5.41) is 2.95. The molecule has 0 aliphatic carbocycles. The number of aryl methyl sites for hydroxylation is 1. The summed E-state index contributed by atoms with van der Waals surface area (Å²) in [5.74, 6) is 2.04. The van der Waals surface area contributed by atoms with Crippen molar-refractivity contribution in [2.45, 2.75) is 29.7 Å². The van der Waals surface area contributed by atoms with Gasteiger partial charge in [0, 0.05) is 22.9 Å². The predicted octanol–water partition coefficient (Wildman–Crippen LogP) is 4.53. The Bertz CT molecular complexity index is 616. The third kappa shape index (κ3) is 6.32. The van der Waals surface area contributed by atoms with E-state index in [9.17, 15) is 4.79 Å². The molecule has 1 unspecified atom stereocenters. The molecule has 2 aromatic carbocycles. The molecular formula is C19H23NOS2. The first-order valence-electron chi connectivity index (χ1n) is 7.78. The predicted molar refractivity (Wildman–Crippen MR) is 102 cm³/mol. The van der Waals surface area contributed by atoms with E-state index in [2.05, 4.69) is 36.5 Å². The number of hydrogen-bond donors (Lipinski definition) is 1. The van der Waals surface area contributed by atoms with E-state index < -0.39 is 0 Å². The molecule has 0 bridgehead atoms. The molecule has 1 atom stereocenters. The van der Waals surface area contributed by atoms with Gasteiger partial charge in [-0.1, -0.05) is 42.5 Å². The number of hydrogen-bond acceptors (Lipinski definition) is 3. The summed E-state index contributed by atoms with van der Waals surface area (Å²) in [6, 6.07) is 18.5. The van der Waals surface area contributed by atoms with Crippen molar-refractivity contribution < 1.29 is 4.79 Å². The zero-order valence-electron chi connectivity index (χ0n) is 13.6. The number of thioether (sulfide) groups is 2. The molecular weight excluding hydrogens is 322 g/mol. The molecule has 0 radical (unpaired) electrons. The molecule has 2 nitrogen and oxygen atoms in total. The van der Waals surface area contributed by atoms with E-state index in [1.54, 1.807) is 11.8 Å². The Labute approximate surface area is 147 Å². The Morgan fingerprint density at radius 3 is 2.52 bits per heavy atom. The Morgan fingerprint density at radius 2 is 1.78 bits per heavy atom. The van der Waals surface area contributed by atoms with Crippen molar-refractivity contribution in [1.82, 2.24) is 5.32 Å². The number of carbonyl (C=O) groups excluding carboxylic acids is 1. The second-order valence-corrected chi connectivity index (χ2v) is 7.86. The molecule has 0 aromatic heterocycles. The van der Waals surface area contributed by atoms with Crippen LogP contribution in [0.25, 0.3) is 0 Å². The Morgan fingerprint density at radius 1 is 1.09 bits per heavy atom. The van der Waals surface area contributed by atoms with Crippen LogP contribution in [0.4, 0.5) is 0 Å². The van der Waals surface area contributed by atoms with Gasteiger partial charge in [0.1, 0.15) is 0 Å². The zero-order valence-corrected chi connectivity index (χ0v) is 15.3. The second-order valence-electron chi connectivity index (χ2n) is 5.34. The quantitative estimate of drug-likeness (QED) is 0.563. The van der Waals surface area contributed by atoms with Gasteiger partial charge >= 0.3 is 0 Å². The number of carbonyl (C=O) groups is 1. The summed E-state index contributed by atoms with van der Waals surface area (Å²) in [6.45, 7) is 4.81. The number of amides is 1. The lowest BCUT2D eigenvalue weighted by Crippen LogP contribution is -2.32. The fourth-order valence-corrected chi connectivity index (χ4v) is 3.95. The van der Waals surface area contributed by atoms with Crippen molar-refractivity contribution in [2.24, 2.45) is 0 Å². The van der Waals surface area contributed by atoms with Crippen LogP contribution in [0.5, 0.6) is 0 Å². The lowest BCUT2D eigenvalue weighted by atomic mass is 10.1. The van der Waals surface area contributed by atoms with E-state index in [1.807, 2.05) is 49.0 Å². The normalized spacial score (nSPS) is 11.9. The standard InChI is InChI=1S/C19H23NOS2/c1-15-8-6-7-9-17(15)14-22-13-12-20-19(21)16(2)23-18-10-4-3-5-11-18/h3-11,16H,12-14H2,1-2H3,(H,20,21). The van der Waals surface area contributed by atoms with Crippen molar-refractivity contribution in [1.29, 1.82) is 0 Å². The van der Waals surface area contributed by atoms with Crippen molar-refractivity contribution in [3.8, 4) is 0 Å². The van der Waals surface area contributed by atoms with E-state index in [4.69, 9.17) is 0 Å². The first kappa shape index (κ1) is 18.0. The highest BCUT2D eigenvalue weighted by atomic mass is 32.2. The zero-order chi connectivity index (χ0) is 16.5. The third-order valence-electron chi connectivity index (χ3n) is 3.49. The molecule has 122 valence electrons. The highest BCUT2D eigenvalue weighted by molar-refractivity contribution is 8.00. The van der Waals surface area contributed by atoms with Crippen molar-refractivity contribution in [3.05, 3.63) is 65.7 Å². The lowest BCUT2D eigenvalue weighted by molar-refractivity contribution is -0.120. The van der Waals surface area contributed by atoms with E-state index in [0.29, 0.717) is 0 Å². The van der Waals surface area contributed by atoms with Gasteiger partial charge in [-0.15, -0.1) is 11.8 Å². The van der Waals surface area contributed by atoms with Crippen LogP contribution in [0.3, 0.4) is 0 Å². The van der Waals surface area contributed by atoms with Crippen LogP contribution in [-0.4, -0.2) is 23.5 Å². The van der Waals surface area contributed by atoms with Gasteiger partial charge in [-0.25, -0.2) is 0 Å². The van der Waals surface area contributed by atoms with E-state index in [0.717, 1.165) is 22.9 Å². The van der Waals surface area contributed by atoms with Gasteiger partial charge in [-0.2, -0.15) is 11.8 Å². The summed E-state index contributed by atoms with van der Waals surface area (Å²) < 4.78 is 0. The fourth-order valence-electron chi connectivity index (χ4n) is 2.10. The van der Waals surface area contributed by atoms with Gasteiger partial charge in [0.25, 0.3) is 0 Å². The summed E-state index contributed by atoms with van der Waals surface area (Å²) in [4.78, 5) is 13.2. The van der Waals surface area contributed by atoms with E-state index >= 15 is 0 Å². The summed E-state index contributed by atoms with van der Waals surface area (Å²) in [7, 11) is 0. The minimum Gasteiger partial charge on any atom is -0.354 e. The smallest absolute Gasteiger partial charge is 0.233 e. The fraction of sp³-hybridized carbons (Fsp3) is 0.316. The molecule has 0 spiro atoms. The van der Waals surface area contributed by atoms with Gasteiger partial charge < -0.3 is 5.32 Å². The topological polar surface area (TPSA) is 29.1 Å². The first-order valence-corrected chi connectivity index (χ1v) is 9.82. The molecule has 1 N–H and O–H groups in total. The molecule has 23 heavy (non-hydrogen) atoms. The van der Waals surface area contributed by atoms with Gasteiger partial charge in [0.15, 0.2) is 0 Å². The lowest BCUT2D eigenvalue weighted by Gasteiger charge is -2.12. The molecule has 1 amide bonds. The molecule has 0 aliphatic rings. The molecule has 2 aromatic rings. The SMILES string of the molecule is Cc1ccccc1CSCCNC(=O)C(C)Sc1ccccc1. The molecule has 0 saturated carbocycles. The minimum atomic E-state index is -0.0706. The van der Waals surface area contributed by atoms with Crippen LogP contribution in [0.1, 0.15) is 18.1 Å². The van der Waals surface area contributed by atoms with Crippen LogP contribution in [0.2, 0.25) is 0 Å². The molecule has 0 fully saturated rings. The van der Waals surface area contributed by atoms with Crippen LogP contribution in [0, 0.1) is 6.92 Å². The van der Waals surface area contributed by atoms with Crippen molar-refractivity contribution >= 4 is 29.4 Å². The second kappa shape index (κ2) is 9.68. The molecule has 0 aliphatic heterocycles. The van der Waals surface area contributed by atoms with Crippen molar-refractivity contribution in [3.63, 3.8) is 0 Å². The van der Waals surface area contributed by atoms with Crippen LogP contribution in [0.15, 0.2) is 59.5 Å². The van der Waals surface area contributed by atoms with Crippen LogP contribution < -0.4 is 5.32 Å². The highest BCUT2D eigenvalue weighted by Crippen LogP contribution is 2.22. The average Bonchev–Trinajstić information content (AvgIpc) is 2.57. The first-order chi connectivity index (χ1) is 11.2. The monoisotopic (exact) mass is 345 g/mol. The number of rotatable bonds is 8. The van der Waals surface area contributed by atoms with Gasteiger partial charge in [0.2, 0.25) is 5.91 Å². The molecule has 0 heterocycles. The Balaban J connectivity index is 1.64. The summed E-state index contributed by atoms with van der Waals surface area (Å²) in [6.07, 6.45) is 0. The Kier molecular flexibility index (Phi) is 7.56. The van der Waals surface area contributed by atoms with E-state index in [-0.39, 0.29) is 11.2 Å². The molecule has 0 saturated heterocycles. The third-order valence-corrected chi connectivity index (χ3v) is 5.61. The maximum atomic E-state index is 12.1. The summed E-state index contributed by atoms with van der Waals surface area (Å²) >= 11 is 3.45. The average molecular weight is 346 g/mol. The summed E-state index contributed by atoms with van der Waals surface area (Å²) in [5.41, 5.74) is 2.70. The van der Waals surface area contributed by atoms with Crippen LogP contribution >= 0.6 is 23.5 Å². The molecule has 4 heteroatoms. The van der Waals surface area contributed by atoms with Gasteiger partial charge in [0.05, 0.1) is 5.25 Å². The van der Waals surface area contributed by atoms with Gasteiger partial charge in [-0.3, -0.25) is 4.79 Å². The minimum absolute atomic E-state index is 0.0706. The van der Waals surface area contributed by atoms with E-state index in [1.165, 1.54) is 11.1 Å². The molecule has 2 rings (SSSR count).